The maximum atomic E-state index is 3.45. The van der Waals surface area contributed by atoms with Crippen LogP contribution in [0, 0.1) is 0 Å². The smallest absolute Gasteiger partial charge is 0.0233 e. The van der Waals surface area contributed by atoms with Crippen LogP contribution in [0.2, 0.25) is 0 Å². The fraction of sp³-hybridized carbons (Fsp3) is 0.625. The Kier molecular flexibility index (Phi) is 5.21. The van der Waals surface area contributed by atoms with Crippen LogP contribution in [0.25, 0.3) is 0 Å². The van der Waals surface area contributed by atoms with Gasteiger partial charge in [0.05, 0.1) is 0 Å². The van der Waals surface area contributed by atoms with Gasteiger partial charge in [-0.1, -0.05) is 44.5 Å². The van der Waals surface area contributed by atoms with Crippen molar-refractivity contribution in [2.45, 2.75) is 52.2 Å². The van der Waals surface area contributed by atoms with Gasteiger partial charge in [-0.3, -0.25) is 4.90 Å². The predicted octanol–water partition coefficient (Wildman–Crippen LogP) is 3.17. The average molecular weight is 246 g/mol. The van der Waals surface area contributed by atoms with Crippen LogP contribution in [0.5, 0.6) is 0 Å². The Morgan fingerprint density at radius 1 is 1.00 bits per heavy atom. The molecule has 0 amide bonds. The molecule has 0 spiro atoms. The van der Waals surface area contributed by atoms with E-state index in [4.69, 9.17) is 0 Å². The molecule has 1 saturated heterocycles. The zero-order valence-electron chi connectivity index (χ0n) is 11.8. The van der Waals surface area contributed by atoms with Crippen molar-refractivity contribution in [1.29, 1.82) is 0 Å². The molecule has 0 bridgehead atoms. The third-order valence-corrected chi connectivity index (χ3v) is 3.59. The molecule has 18 heavy (non-hydrogen) atoms. The number of hydrogen-bond acceptors (Lipinski definition) is 2. The summed E-state index contributed by atoms with van der Waals surface area (Å²) in [5, 5.41) is 3.45. The molecule has 0 atom stereocenters. The van der Waals surface area contributed by atoms with Gasteiger partial charge in [0.1, 0.15) is 0 Å². The lowest BCUT2D eigenvalue weighted by molar-refractivity contribution is 0.221. The summed E-state index contributed by atoms with van der Waals surface area (Å²) in [5.41, 5.74) is 2.83. The van der Waals surface area contributed by atoms with Crippen molar-refractivity contribution in [3.05, 3.63) is 35.4 Å². The lowest BCUT2D eigenvalue weighted by atomic mass is 10.1. The molecule has 0 aliphatic carbocycles. The Morgan fingerprint density at radius 3 is 2.22 bits per heavy atom. The highest BCUT2D eigenvalue weighted by Crippen LogP contribution is 2.13. The number of benzene rings is 1. The summed E-state index contributed by atoms with van der Waals surface area (Å²) >= 11 is 0. The highest BCUT2D eigenvalue weighted by molar-refractivity contribution is 5.22. The molecule has 0 unspecified atom stereocenters. The van der Waals surface area contributed by atoms with Crippen LogP contribution in [0.4, 0.5) is 0 Å². The lowest BCUT2D eigenvalue weighted by Gasteiger charge is -2.26. The number of likely N-dealkylation sites (tertiary alicyclic amines) is 1. The Balaban J connectivity index is 1.83. The first-order chi connectivity index (χ1) is 8.74. The van der Waals surface area contributed by atoms with Crippen molar-refractivity contribution in [3.63, 3.8) is 0 Å². The molecule has 0 saturated carbocycles. The summed E-state index contributed by atoms with van der Waals surface area (Å²) in [6.45, 7) is 9.02. The van der Waals surface area contributed by atoms with Crippen LogP contribution in [0.15, 0.2) is 24.3 Å². The molecule has 1 N–H and O–H groups in total. The second-order valence-corrected chi connectivity index (χ2v) is 5.69. The molecule has 1 fully saturated rings. The lowest BCUT2D eigenvalue weighted by Crippen LogP contribution is -2.29. The van der Waals surface area contributed by atoms with Crippen LogP contribution in [0.1, 0.15) is 44.2 Å². The maximum Gasteiger partial charge on any atom is 0.0233 e. The molecule has 2 rings (SSSR count). The SMILES string of the molecule is CC(C)NCc1ccc(CN2CCCCC2)cc1. The molecular formula is C16H26N2. The van der Waals surface area contributed by atoms with Crippen molar-refractivity contribution >= 4 is 0 Å². The van der Waals surface area contributed by atoms with Gasteiger partial charge in [-0.25, -0.2) is 0 Å². The Labute approximate surface area is 111 Å². The van der Waals surface area contributed by atoms with Gasteiger partial charge in [-0.05, 0) is 37.1 Å². The van der Waals surface area contributed by atoms with E-state index in [9.17, 15) is 0 Å². The van der Waals surface area contributed by atoms with E-state index >= 15 is 0 Å². The van der Waals surface area contributed by atoms with Gasteiger partial charge in [-0.15, -0.1) is 0 Å². The summed E-state index contributed by atoms with van der Waals surface area (Å²) in [6.07, 6.45) is 4.16. The quantitative estimate of drug-likeness (QED) is 0.858. The third kappa shape index (κ3) is 4.43. The van der Waals surface area contributed by atoms with Gasteiger partial charge < -0.3 is 5.32 Å². The zero-order valence-corrected chi connectivity index (χ0v) is 11.8. The molecule has 0 radical (unpaired) electrons. The van der Waals surface area contributed by atoms with Crippen molar-refractivity contribution in [2.24, 2.45) is 0 Å². The zero-order chi connectivity index (χ0) is 12.8. The highest BCUT2D eigenvalue weighted by atomic mass is 15.1. The first kappa shape index (κ1) is 13.6. The minimum Gasteiger partial charge on any atom is -0.310 e. The summed E-state index contributed by atoms with van der Waals surface area (Å²) in [6, 6.07) is 9.64. The Hall–Kier alpha value is -0.860. The van der Waals surface area contributed by atoms with E-state index in [1.165, 1.54) is 43.5 Å². The van der Waals surface area contributed by atoms with Gasteiger partial charge in [0, 0.05) is 19.1 Å². The van der Waals surface area contributed by atoms with E-state index < -0.39 is 0 Å². The van der Waals surface area contributed by atoms with E-state index in [-0.39, 0.29) is 0 Å². The van der Waals surface area contributed by atoms with Crippen LogP contribution >= 0.6 is 0 Å². The van der Waals surface area contributed by atoms with Gasteiger partial charge in [-0.2, -0.15) is 0 Å². The van der Waals surface area contributed by atoms with Crippen LogP contribution in [-0.4, -0.2) is 24.0 Å². The first-order valence-electron chi connectivity index (χ1n) is 7.27. The van der Waals surface area contributed by atoms with E-state index in [1.54, 1.807) is 0 Å². The standard InChI is InChI=1S/C16H26N2/c1-14(2)17-12-15-6-8-16(9-7-15)13-18-10-4-3-5-11-18/h6-9,14,17H,3-5,10-13H2,1-2H3. The number of piperidine rings is 1. The van der Waals surface area contributed by atoms with Gasteiger partial charge in [0.25, 0.3) is 0 Å². The van der Waals surface area contributed by atoms with Crippen molar-refractivity contribution in [1.82, 2.24) is 10.2 Å². The molecule has 100 valence electrons. The summed E-state index contributed by atoms with van der Waals surface area (Å²) in [4.78, 5) is 2.57. The van der Waals surface area contributed by atoms with E-state index in [1.807, 2.05) is 0 Å². The normalized spacial score (nSPS) is 17.3. The van der Waals surface area contributed by atoms with Crippen LogP contribution in [-0.2, 0) is 13.1 Å². The minimum absolute atomic E-state index is 0.554. The second-order valence-electron chi connectivity index (χ2n) is 5.69. The fourth-order valence-corrected chi connectivity index (χ4v) is 2.46. The Morgan fingerprint density at radius 2 is 1.61 bits per heavy atom. The van der Waals surface area contributed by atoms with Crippen molar-refractivity contribution < 1.29 is 0 Å². The molecule has 1 aliphatic rings. The predicted molar refractivity (Wildman–Crippen MR) is 77.5 cm³/mol. The molecule has 0 aromatic heterocycles. The third-order valence-electron chi connectivity index (χ3n) is 3.59. The summed E-state index contributed by atoms with van der Waals surface area (Å²) < 4.78 is 0. The van der Waals surface area contributed by atoms with Gasteiger partial charge >= 0.3 is 0 Å². The monoisotopic (exact) mass is 246 g/mol. The van der Waals surface area contributed by atoms with Gasteiger partial charge in [0.2, 0.25) is 0 Å². The van der Waals surface area contributed by atoms with Crippen LogP contribution < -0.4 is 5.32 Å². The average Bonchev–Trinajstić information content (AvgIpc) is 2.39. The summed E-state index contributed by atoms with van der Waals surface area (Å²) in [5.74, 6) is 0. The molecule has 2 heteroatoms. The molecular weight excluding hydrogens is 220 g/mol. The largest absolute Gasteiger partial charge is 0.310 e. The second kappa shape index (κ2) is 6.91. The molecule has 1 aromatic carbocycles. The fourth-order valence-electron chi connectivity index (χ4n) is 2.46. The number of rotatable bonds is 5. The van der Waals surface area contributed by atoms with Crippen molar-refractivity contribution in [3.8, 4) is 0 Å². The van der Waals surface area contributed by atoms with Gasteiger partial charge in [0.15, 0.2) is 0 Å². The van der Waals surface area contributed by atoms with E-state index in [0.29, 0.717) is 6.04 Å². The topological polar surface area (TPSA) is 15.3 Å². The molecule has 1 heterocycles. The molecule has 2 nitrogen and oxygen atoms in total. The van der Waals surface area contributed by atoms with E-state index in [0.717, 1.165) is 13.1 Å². The molecule has 1 aliphatic heterocycles. The first-order valence-corrected chi connectivity index (χ1v) is 7.27. The number of nitrogens with zero attached hydrogens (tertiary/aromatic N) is 1. The molecule has 1 aromatic rings. The van der Waals surface area contributed by atoms with E-state index in [2.05, 4.69) is 48.3 Å². The maximum absolute atomic E-state index is 3.45. The minimum atomic E-state index is 0.554. The van der Waals surface area contributed by atoms with Crippen LogP contribution in [0.3, 0.4) is 0 Å². The highest BCUT2D eigenvalue weighted by Gasteiger charge is 2.09. The van der Waals surface area contributed by atoms with Crippen molar-refractivity contribution in [2.75, 3.05) is 13.1 Å². The summed E-state index contributed by atoms with van der Waals surface area (Å²) in [7, 11) is 0. The number of hydrogen-bond donors (Lipinski definition) is 1. The Bertz CT molecular complexity index is 337. The number of nitrogens with one attached hydrogen (secondary N) is 1.